The van der Waals surface area contributed by atoms with Crippen LogP contribution in [0, 0.1) is 0 Å². The Hall–Kier alpha value is -3.13. The van der Waals surface area contributed by atoms with Gasteiger partial charge in [-0.3, -0.25) is 0 Å². The molecule has 0 radical (unpaired) electrons. The van der Waals surface area contributed by atoms with Gasteiger partial charge in [0, 0.05) is 17.9 Å². The van der Waals surface area contributed by atoms with E-state index in [2.05, 4.69) is 73.3 Å². The van der Waals surface area contributed by atoms with Crippen LogP contribution >= 0.6 is 0 Å². The molecular formula is C25H24O2. The van der Waals surface area contributed by atoms with E-state index in [0.717, 1.165) is 5.57 Å². The molecule has 0 N–H and O–H groups in total. The van der Waals surface area contributed by atoms with E-state index in [0.29, 0.717) is 24.5 Å². The minimum Gasteiger partial charge on any atom is -0.462 e. The second-order valence-electron chi connectivity index (χ2n) is 6.68. The molecular weight excluding hydrogens is 332 g/mol. The van der Waals surface area contributed by atoms with Crippen molar-refractivity contribution in [2.45, 2.75) is 19.3 Å². The van der Waals surface area contributed by atoms with Gasteiger partial charge < -0.3 is 4.74 Å². The van der Waals surface area contributed by atoms with Gasteiger partial charge in [0.05, 0.1) is 6.61 Å². The van der Waals surface area contributed by atoms with Crippen molar-refractivity contribution in [2.75, 3.05) is 6.61 Å². The van der Waals surface area contributed by atoms with Gasteiger partial charge in [-0.15, -0.1) is 0 Å². The first-order valence-electron chi connectivity index (χ1n) is 9.14. The molecule has 1 saturated heterocycles. The molecule has 3 aliphatic rings. The predicted molar refractivity (Wildman–Crippen MR) is 112 cm³/mol. The maximum absolute atomic E-state index is 10.3. The number of carbonyl (C=O) groups excluding carboxylic acids is 1. The van der Waals surface area contributed by atoms with Crippen LogP contribution in [0.4, 0.5) is 0 Å². The van der Waals surface area contributed by atoms with Crippen molar-refractivity contribution in [1.82, 2.24) is 0 Å². The maximum Gasteiger partial charge on any atom is 0.333 e. The van der Waals surface area contributed by atoms with Crippen LogP contribution in [-0.2, 0) is 9.53 Å². The minimum absolute atomic E-state index is 0.236. The van der Waals surface area contributed by atoms with Crippen LogP contribution in [0.1, 0.15) is 30.4 Å². The summed E-state index contributed by atoms with van der Waals surface area (Å²) in [6.07, 6.45) is 8.60. The Kier molecular flexibility index (Phi) is 5.87. The van der Waals surface area contributed by atoms with Gasteiger partial charge in [-0.25, -0.2) is 4.79 Å². The number of benzene rings is 2. The van der Waals surface area contributed by atoms with E-state index in [-0.39, 0.29) is 5.97 Å². The molecule has 136 valence electrons. The van der Waals surface area contributed by atoms with Crippen LogP contribution in [0.25, 0.3) is 11.1 Å². The smallest absolute Gasteiger partial charge is 0.333 e. The standard InChI is InChI=1S/C14H12.C6H6.C5H6O2/c1-10-11-6-2-4-8-13(11)14-9-5-3-7-12(10)14;1-6-4-2-3-5-6;1-4-2-3-7-5(4)6/h2-10H,1H3;2-5H,1H2;1-3H2. The number of hydrogen-bond donors (Lipinski definition) is 0. The predicted octanol–water partition coefficient (Wildman–Crippen LogP) is 5.98. The van der Waals surface area contributed by atoms with Crippen molar-refractivity contribution < 1.29 is 9.53 Å². The highest BCUT2D eigenvalue weighted by Crippen LogP contribution is 2.43. The molecule has 0 spiro atoms. The summed E-state index contributed by atoms with van der Waals surface area (Å²) in [6, 6.07) is 17.4. The second kappa shape index (κ2) is 8.50. The van der Waals surface area contributed by atoms with Gasteiger partial charge in [0.1, 0.15) is 0 Å². The Morgan fingerprint density at radius 1 is 0.889 bits per heavy atom. The molecule has 2 nitrogen and oxygen atoms in total. The van der Waals surface area contributed by atoms with E-state index in [1.54, 1.807) is 0 Å². The summed E-state index contributed by atoms with van der Waals surface area (Å²) in [7, 11) is 0. The summed E-state index contributed by atoms with van der Waals surface area (Å²) in [6.45, 7) is 9.95. The Bertz CT molecular complexity index is 857. The fourth-order valence-electron chi connectivity index (χ4n) is 3.29. The molecule has 1 aliphatic heterocycles. The van der Waals surface area contributed by atoms with Crippen molar-refractivity contribution >= 4 is 5.97 Å². The molecule has 2 aromatic rings. The highest BCUT2D eigenvalue weighted by Gasteiger charge is 2.23. The average Bonchev–Trinajstić information content (AvgIpc) is 3.39. The number of rotatable bonds is 0. The quantitative estimate of drug-likeness (QED) is 0.429. The molecule has 0 amide bonds. The van der Waals surface area contributed by atoms with E-state index in [9.17, 15) is 4.79 Å². The largest absolute Gasteiger partial charge is 0.462 e. The number of fused-ring (bicyclic) bond motifs is 3. The van der Waals surface area contributed by atoms with E-state index in [4.69, 9.17) is 0 Å². The summed E-state index contributed by atoms with van der Waals surface area (Å²) in [5.74, 6) is 0.322. The number of carbonyl (C=O) groups is 1. The third-order valence-corrected chi connectivity index (χ3v) is 4.80. The van der Waals surface area contributed by atoms with Crippen molar-refractivity contribution in [2.24, 2.45) is 0 Å². The van der Waals surface area contributed by atoms with Gasteiger partial charge in [0.2, 0.25) is 0 Å². The summed E-state index contributed by atoms with van der Waals surface area (Å²) >= 11 is 0. The van der Waals surface area contributed by atoms with E-state index in [1.165, 1.54) is 22.3 Å². The lowest BCUT2D eigenvalue weighted by molar-refractivity contribution is -0.135. The number of allylic oxidation sites excluding steroid dienone is 5. The SMILES string of the molecule is C=C1C=CC=C1.C=C1CCOC1=O.CC1c2ccccc2-c2ccccc21. The van der Waals surface area contributed by atoms with E-state index < -0.39 is 0 Å². The lowest BCUT2D eigenvalue weighted by Gasteiger charge is -2.04. The van der Waals surface area contributed by atoms with E-state index in [1.807, 2.05) is 24.3 Å². The maximum atomic E-state index is 10.3. The van der Waals surface area contributed by atoms with Crippen molar-refractivity contribution in [3.05, 3.63) is 108 Å². The summed E-state index contributed by atoms with van der Waals surface area (Å²) in [5, 5.41) is 0. The van der Waals surface area contributed by atoms with Crippen LogP contribution in [-0.4, -0.2) is 12.6 Å². The van der Waals surface area contributed by atoms with Crippen molar-refractivity contribution in [1.29, 1.82) is 0 Å². The molecule has 2 heteroatoms. The van der Waals surface area contributed by atoms with Gasteiger partial charge in [-0.05, 0) is 27.8 Å². The monoisotopic (exact) mass is 356 g/mol. The third kappa shape index (κ3) is 4.35. The first kappa shape index (κ1) is 18.7. The molecule has 2 aliphatic carbocycles. The van der Waals surface area contributed by atoms with Gasteiger partial charge in [0.25, 0.3) is 0 Å². The Morgan fingerprint density at radius 3 is 1.74 bits per heavy atom. The highest BCUT2D eigenvalue weighted by atomic mass is 16.5. The lowest BCUT2D eigenvalue weighted by atomic mass is 10.00. The zero-order chi connectivity index (χ0) is 19.2. The fourth-order valence-corrected chi connectivity index (χ4v) is 3.29. The molecule has 0 aromatic heterocycles. The van der Waals surface area contributed by atoms with Crippen molar-refractivity contribution in [3.8, 4) is 11.1 Å². The molecule has 27 heavy (non-hydrogen) atoms. The number of cyclic esters (lactones) is 1. The first-order valence-corrected chi connectivity index (χ1v) is 9.14. The molecule has 2 aromatic carbocycles. The Labute approximate surface area is 161 Å². The van der Waals surface area contributed by atoms with E-state index >= 15 is 0 Å². The van der Waals surface area contributed by atoms with Crippen molar-refractivity contribution in [3.63, 3.8) is 0 Å². The first-order chi connectivity index (χ1) is 13.1. The van der Waals surface area contributed by atoms with Crippen LogP contribution in [0.5, 0.6) is 0 Å². The average molecular weight is 356 g/mol. The number of esters is 1. The Morgan fingerprint density at radius 2 is 1.41 bits per heavy atom. The molecule has 0 saturated carbocycles. The lowest BCUT2D eigenvalue weighted by Crippen LogP contribution is -1.91. The summed E-state index contributed by atoms with van der Waals surface area (Å²) in [5.41, 5.74) is 7.45. The Balaban J connectivity index is 0.000000135. The molecule has 0 atom stereocenters. The molecule has 0 bridgehead atoms. The fraction of sp³-hybridized carbons (Fsp3) is 0.160. The topological polar surface area (TPSA) is 26.3 Å². The van der Waals surface area contributed by atoms with Crippen LogP contribution < -0.4 is 0 Å². The van der Waals surface area contributed by atoms with Gasteiger partial charge in [-0.1, -0.05) is 92.9 Å². The van der Waals surface area contributed by atoms with Crippen LogP contribution in [0.15, 0.2) is 97.1 Å². The molecule has 1 fully saturated rings. The van der Waals surface area contributed by atoms with Crippen LogP contribution in [0.2, 0.25) is 0 Å². The van der Waals surface area contributed by atoms with Gasteiger partial charge in [0.15, 0.2) is 0 Å². The molecule has 0 unspecified atom stereocenters. The minimum atomic E-state index is -0.236. The van der Waals surface area contributed by atoms with Gasteiger partial charge >= 0.3 is 5.97 Å². The zero-order valence-corrected chi connectivity index (χ0v) is 15.7. The molecule has 1 heterocycles. The normalized spacial score (nSPS) is 16.1. The number of ether oxygens (including phenoxy) is 1. The summed E-state index contributed by atoms with van der Waals surface area (Å²) in [4.78, 5) is 10.3. The number of hydrogen-bond acceptors (Lipinski definition) is 2. The highest BCUT2D eigenvalue weighted by molar-refractivity contribution is 5.89. The third-order valence-electron chi connectivity index (χ3n) is 4.80. The van der Waals surface area contributed by atoms with Crippen LogP contribution in [0.3, 0.4) is 0 Å². The van der Waals surface area contributed by atoms with Gasteiger partial charge in [-0.2, -0.15) is 0 Å². The zero-order valence-electron chi connectivity index (χ0n) is 15.7. The summed E-state index contributed by atoms with van der Waals surface area (Å²) < 4.78 is 4.53. The molecule has 5 rings (SSSR count). The second-order valence-corrected chi connectivity index (χ2v) is 6.68.